The molecule has 0 spiro atoms. The molecule has 0 radical (unpaired) electrons. The van der Waals surface area contributed by atoms with Gasteiger partial charge in [-0.05, 0) is 58.4 Å². The zero-order valence-electron chi connectivity index (χ0n) is 11.6. The van der Waals surface area contributed by atoms with Gasteiger partial charge < -0.3 is 11.1 Å². The van der Waals surface area contributed by atoms with Gasteiger partial charge in [-0.15, -0.1) is 0 Å². The zero-order chi connectivity index (χ0) is 16.0. The van der Waals surface area contributed by atoms with E-state index in [2.05, 4.69) is 21.2 Å². The average Bonchev–Trinajstić information content (AvgIpc) is 2.44. The zero-order valence-corrected chi connectivity index (χ0v) is 13.2. The maximum absolute atomic E-state index is 12.4. The molecule has 21 heavy (non-hydrogen) atoms. The number of alkyl halides is 3. The van der Waals surface area contributed by atoms with Gasteiger partial charge in [0, 0.05) is 15.8 Å². The van der Waals surface area contributed by atoms with Crippen LogP contribution in [0.4, 0.5) is 30.2 Å². The smallest absolute Gasteiger partial charge is 0.399 e. The van der Waals surface area contributed by atoms with Crippen LogP contribution in [0, 0.1) is 0 Å². The van der Waals surface area contributed by atoms with Crippen molar-refractivity contribution in [2.45, 2.75) is 20.0 Å². The lowest BCUT2D eigenvalue weighted by Crippen LogP contribution is -2.04. The summed E-state index contributed by atoms with van der Waals surface area (Å²) in [6.07, 6.45) is -4.32. The molecule has 0 saturated carbocycles. The molecule has 0 aromatic heterocycles. The summed E-state index contributed by atoms with van der Waals surface area (Å²) in [6.45, 7) is 4.00. The Balaban J connectivity index is 0.00000106. The van der Waals surface area contributed by atoms with E-state index in [0.717, 1.165) is 22.3 Å². The van der Waals surface area contributed by atoms with Crippen LogP contribution in [0.25, 0.3) is 0 Å². The number of nitrogens with one attached hydrogen (secondary N) is 1. The number of halogens is 4. The molecule has 0 aliphatic carbocycles. The van der Waals surface area contributed by atoms with Crippen molar-refractivity contribution >= 4 is 33.0 Å². The third-order valence-electron chi connectivity index (χ3n) is 2.48. The second-order valence-corrected chi connectivity index (χ2v) is 4.79. The number of hydrogen-bond acceptors (Lipinski definition) is 2. The van der Waals surface area contributed by atoms with Crippen LogP contribution in [-0.2, 0) is 6.18 Å². The highest BCUT2D eigenvalue weighted by Crippen LogP contribution is 2.31. The molecule has 0 fully saturated rings. The summed E-state index contributed by atoms with van der Waals surface area (Å²) in [5, 5.41) is 3.01. The van der Waals surface area contributed by atoms with Gasteiger partial charge in [-0.25, -0.2) is 0 Å². The summed E-state index contributed by atoms with van der Waals surface area (Å²) < 4.78 is 38.0. The van der Waals surface area contributed by atoms with E-state index in [0.29, 0.717) is 11.4 Å². The largest absolute Gasteiger partial charge is 0.416 e. The molecule has 0 unspecified atom stereocenters. The van der Waals surface area contributed by atoms with Gasteiger partial charge in [0.05, 0.1) is 11.3 Å². The van der Waals surface area contributed by atoms with Crippen molar-refractivity contribution in [1.82, 2.24) is 0 Å². The second kappa shape index (κ2) is 7.36. The Labute approximate surface area is 130 Å². The molecule has 2 aromatic rings. The summed E-state index contributed by atoms with van der Waals surface area (Å²) in [4.78, 5) is 0. The number of nitrogen functional groups attached to an aromatic ring is 1. The van der Waals surface area contributed by atoms with E-state index in [1.165, 1.54) is 12.1 Å². The minimum absolute atomic E-state index is 0.568. The van der Waals surface area contributed by atoms with Gasteiger partial charge >= 0.3 is 6.18 Å². The molecule has 3 N–H and O–H groups in total. The lowest BCUT2D eigenvalue weighted by molar-refractivity contribution is -0.137. The van der Waals surface area contributed by atoms with Crippen molar-refractivity contribution < 1.29 is 13.2 Å². The summed E-state index contributed by atoms with van der Waals surface area (Å²) >= 11 is 3.33. The van der Waals surface area contributed by atoms with Crippen molar-refractivity contribution in [3.8, 4) is 0 Å². The molecule has 2 nitrogen and oxygen atoms in total. The number of hydrogen-bond donors (Lipinski definition) is 2. The highest BCUT2D eigenvalue weighted by molar-refractivity contribution is 9.10. The highest BCUT2D eigenvalue weighted by atomic mass is 79.9. The van der Waals surface area contributed by atoms with E-state index in [1.807, 2.05) is 13.8 Å². The second-order valence-electron chi connectivity index (χ2n) is 3.94. The molecule has 114 valence electrons. The Bertz CT molecular complexity index is 580. The lowest BCUT2D eigenvalue weighted by atomic mass is 10.2. The fourth-order valence-corrected chi connectivity index (χ4v) is 2.03. The standard InChI is InChI=1S/C13H10BrF3N2.C2H6/c14-11-7-9(18)3-6-12(11)19-10-4-1-8(2-5-10)13(15,16)17;1-2/h1-7,19H,18H2;1-2H3. The molecule has 0 saturated heterocycles. The number of anilines is 3. The van der Waals surface area contributed by atoms with Crippen molar-refractivity contribution in [2.24, 2.45) is 0 Å². The molecule has 2 rings (SSSR count). The van der Waals surface area contributed by atoms with Crippen molar-refractivity contribution in [3.05, 3.63) is 52.5 Å². The van der Waals surface area contributed by atoms with Gasteiger partial charge in [0.2, 0.25) is 0 Å². The quantitative estimate of drug-likeness (QED) is 0.662. The van der Waals surface area contributed by atoms with Crippen LogP contribution >= 0.6 is 15.9 Å². The first kappa shape index (κ1) is 17.4. The van der Waals surface area contributed by atoms with Gasteiger partial charge in [-0.3, -0.25) is 0 Å². The average molecular weight is 361 g/mol. The van der Waals surface area contributed by atoms with Crippen LogP contribution in [0.2, 0.25) is 0 Å². The van der Waals surface area contributed by atoms with E-state index >= 15 is 0 Å². The number of benzene rings is 2. The Morgan fingerprint density at radius 1 is 1.00 bits per heavy atom. The molecule has 0 aliphatic heterocycles. The predicted octanol–water partition coefficient (Wildman–Crippen LogP) is 5.82. The molecule has 0 atom stereocenters. The Morgan fingerprint density at radius 2 is 1.57 bits per heavy atom. The molecule has 0 amide bonds. The first-order valence-electron chi connectivity index (χ1n) is 6.35. The first-order chi connectivity index (χ1) is 9.86. The molecule has 6 heteroatoms. The fraction of sp³-hybridized carbons (Fsp3) is 0.200. The summed E-state index contributed by atoms with van der Waals surface area (Å²) in [6, 6.07) is 10.00. The highest BCUT2D eigenvalue weighted by Gasteiger charge is 2.29. The fourth-order valence-electron chi connectivity index (χ4n) is 1.53. The van der Waals surface area contributed by atoms with Gasteiger partial charge in [0.15, 0.2) is 0 Å². The SMILES string of the molecule is CC.Nc1ccc(Nc2ccc(C(F)(F)F)cc2)c(Br)c1. The monoisotopic (exact) mass is 360 g/mol. The summed E-state index contributed by atoms with van der Waals surface area (Å²) in [5.74, 6) is 0. The van der Waals surface area contributed by atoms with Crippen molar-refractivity contribution in [2.75, 3.05) is 11.1 Å². The maximum atomic E-state index is 12.4. The van der Waals surface area contributed by atoms with Crippen LogP contribution in [-0.4, -0.2) is 0 Å². The lowest BCUT2D eigenvalue weighted by Gasteiger charge is -2.11. The Hall–Kier alpha value is -1.69. The Kier molecular flexibility index (Phi) is 6.08. The first-order valence-corrected chi connectivity index (χ1v) is 7.15. The minimum Gasteiger partial charge on any atom is -0.399 e. The molecular formula is C15H16BrF3N2. The van der Waals surface area contributed by atoms with Crippen LogP contribution in [0.3, 0.4) is 0 Å². The van der Waals surface area contributed by atoms with Crippen LogP contribution in [0.15, 0.2) is 46.9 Å². The van der Waals surface area contributed by atoms with Crippen LogP contribution in [0.5, 0.6) is 0 Å². The van der Waals surface area contributed by atoms with Gasteiger partial charge in [0.1, 0.15) is 0 Å². The van der Waals surface area contributed by atoms with Crippen molar-refractivity contribution in [3.63, 3.8) is 0 Å². The third kappa shape index (κ3) is 4.97. The summed E-state index contributed by atoms with van der Waals surface area (Å²) in [7, 11) is 0. The number of rotatable bonds is 2. The van der Waals surface area contributed by atoms with E-state index < -0.39 is 11.7 Å². The van der Waals surface area contributed by atoms with Gasteiger partial charge in [0.25, 0.3) is 0 Å². The van der Waals surface area contributed by atoms with E-state index in [4.69, 9.17) is 5.73 Å². The summed E-state index contributed by atoms with van der Waals surface area (Å²) in [5.41, 5.74) is 6.83. The van der Waals surface area contributed by atoms with E-state index in [1.54, 1.807) is 18.2 Å². The molecular weight excluding hydrogens is 345 g/mol. The van der Waals surface area contributed by atoms with E-state index in [-0.39, 0.29) is 0 Å². The molecule has 0 heterocycles. The predicted molar refractivity (Wildman–Crippen MR) is 84.6 cm³/mol. The topological polar surface area (TPSA) is 38.0 Å². The molecule has 2 aromatic carbocycles. The molecule has 0 aliphatic rings. The van der Waals surface area contributed by atoms with E-state index in [9.17, 15) is 13.2 Å². The normalized spacial score (nSPS) is 10.6. The minimum atomic E-state index is -4.32. The van der Waals surface area contributed by atoms with Gasteiger partial charge in [-0.2, -0.15) is 13.2 Å². The molecule has 0 bridgehead atoms. The van der Waals surface area contributed by atoms with Crippen LogP contribution < -0.4 is 11.1 Å². The van der Waals surface area contributed by atoms with Crippen molar-refractivity contribution in [1.29, 1.82) is 0 Å². The Morgan fingerprint density at radius 3 is 2.05 bits per heavy atom. The van der Waals surface area contributed by atoms with Crippen LogP contribution in [0.1, 0.15) is 19.4 Å². The van der Waals surface area contributed by atoms with Gasteiger partial charge in [-0.1, -0.05) is 13.8 Å². The maximum Gasteiger partial charge on any atom is 0.416 e. The third-order valence-corrected chi connectivity index (χ3v) is 3.14. The number of nitrogens with two attached hydrogens (primary N) is 1.